The highest BCUT2D eigenvalue weighted by molar-refractivity contribution is 9.10. The highest BCUT2D eigenvalue weighted by Gasteiger charge is 2.48. The molecule has 0 nitrogen and oxygen atoms in total. The molecule has 4 aromatic rings. The lowest BCUT2D eigenvalue weighted by Gasteiger charge is -2.35. The molecule has 138 valence electrons. The SMILES string of the molecule is Clc1ccc2c(c1)-c1ccccc1C21c2ccccc2C=Cc2ccc(Br)cc21. The molecular formula is C27H16BrCl. The third kappa shape index (κ3) is 2.26. The topological polar surface area (TPSA) is 0 Å². The fraction of sp³-hybridized carbons (Fsp3) is 0.0370. The van der Waals surface area contributed by atoms with Gasteiger partial charge in [-0.3, -0.25) is 0 Å². The van der Waals surface area contributed by atoms with Crippen LogP contribution in [0.1, 0.15) is 33.4 Å². The van der Waals surface area contributed by atoms with E-state index in [2.05, 4.69) is 107 Å². The van der Waals surface area contributed by atoms with Crippen molar-refractivity contribution in [3.63, 3.8) is 0 Å². The smallest absolute Gasteiger partial charge is 0.0725 e. The van der Waals surface area contributed by atoms with Crippen LogP contribution in [-0.2, 0) is 5.41 Å². The summed E-state index contributed by atoms with van der Waals surface area (Å²) in [7, 11) is 0. The molecule has 4 aromatic carbocycles. The second-order valence-corrected chi connectivity index (χ2v) is 8.99. The van der Waals surface area contributed by atoms with Gasteiger partial charge < -0.3 is 0 Å². The van der Waals surface area contributed by atoms with Gasteiger partial charge in [0, 0.05) is 9.50 Å². The van der Waals surface area contributed by atoms with Crippen LogP contribution in [0, 0.1) is 0 Å². The van der Waals surface area contributed by atoms with Gasteiger partial charge in [-0.05, 0) is 68.8 Å². The van der Waals surface area contributed by atoms with Crippen LogP contribution in [0.25, 0.3) is 23.3 Å². The van der Waals surface area contributed by atoms with Crippen LogP contribution >= 0.6 is 27.5 Å². The van der Waals surface area contributed by atoms with Crippen LogP contribution in [0.3, 0.4) is 0 Å². The second kappa shape index (κ2) is 6.19. The summed E-state index contributed by atoms with van der Waals surface area (Å²) >= 11 is 10.2. The van der Waals surface area contributed by atoms with Gasteiger partial charge >= 0.3 is 0 Å². The summed E-state index contributed by atoms with van der Waals surface area (Å²) in [4.78, 5) is 0. The van der Waals surface area contributed by atoms with Crippen molar-refractivity contribution < 1.29 is 0 Å². The van der Waals surface area contributed by atoms with Gasteiger partial charge in [0.15, 0.2) is 0 Å². The van der Waals surface area contributed by atoms with Gasteiger partial charge in [-0.1, -0.05) is 100 Å². The molecule has 2 aliphatic carbocycles. The molecule has 0 radical (unpaired) electrons. The zero-order chi connectivity index (χ0) is 19.6. The summed E-state index contributed by atoms with van der Waals surface area (Å²) in [5.74, 6) is 0. The molecule has 0 heterocycles. The van der Waals surface area contributed by atoms with Crippen molar-refractivity contribution in [1.29, 1.82) is 0 Å². The van der Waals surface area contributed by atoms with Crippen LogP contribution < -0.4 is 0 Å². The Bertz CT molecular complexity index is 1330. The van der Waals surface area contributed by atoms with Crippen molar-refractivity contribution in [2.45, 2.75) is 5.41 Å². The lowest BCUT2D eigenvalue weighted by atomic mass is 9.66. The minimum Gasteiger partial charge on any atom is -0.0843 e. The van der Waals surface area contributed by atoms with Crippen LogP contribution in [0.15, 0.2) is 89.4 Å². The monoisotopic (exact) mass is 454 g/mol. The fourth-order valence-electron chi connectivity index (χ4n) is 5.14. The predicted molar refractivity (Wildman–Crippen MR) is 125 cm³/mol. The zero-order valence-corrected chi connectivity index (χ0v) is 17.8. The molecular weight excluding hydrogens is 440 g/mol. The molecule has 29 heavy (non-hydrogen) atoms. The van der Waals surface area contributed by atoms with E-state index in [1.54, 1.807) is 0 Å². The molecule has 0 saturated carbocycles. The lowest BCUT2D eigenvalue weighted by molar-refractivity contribution is 0.765. The summed E-state index contributed by atoms with van der Waals surface area (Å²) in [6.07, 6.45) is 4.49. The van der Waals surface area contributed by atoms with Crippen LogP contribution in [0.2, 0.25) is 5.02 Å². The number of hydrogen-bond acceptors (Lipinski definition) is 0. The minimum atomic E-state index is -0.379. The third-order valence-electron chi connectivity index (χ3n) is 6.23. The Labute approximate surface area is 183 Å². The van der Waals surface area contributed by atoms with Gasteiger partial charge in [-0.25, -0.2) is 0 Å². The lowest BCUT2D eigenvalue weighted by Crippen LogP contribution is -2.30. The highest BCUT2D eigenvalue weighted by Crippen LogP contribution is 2.58. The zero-order valence-electron chi connectivity index (χ0n) is 15.5. The van der Waals surface area contributed by atoms with E-state index in [4.69, 9.17) is 11.6 Å². The summed E-state index contributed by atoms with van der Waals surface area (Å²) < 4.78 is 1.09. The van der Waals surface area contributed by atoms with E-state index < -0.39 is 0 Å². The normalized spacial score (nSPS) is 18.0. The standard InChI is InChI=1S/C27H16BrCl/c28-19-12-11-18-10-9-17-5-1-3-7-23(17)27(26(18)15-19)24-8-4-2-6-21(24)22-16-20(29)13-14-25(22)27/h1-16H. The molecule has 0 bridgehead atoms. The minimum absolute atomic E-state index is 0.379. The molecule has 0 aromatic heterocycles. The van der Waals surface area contributed by atoms with Crippen molar-refractivity contribution in [2.24, 2.45) is 0 Å². The first-order valence-electron chi connectivity index (χ1n) is 9.67. The number of benzene rings is 4. The maximum atomic E-state index is 6.46. The van der Waals surface area contributed by atoms with Gasteiger partial charge in [0.2, 0.25) is 0 Å². The highest BCUT2D eigenvalue weighted by atomic mass is 79.9. The molecule has 0 fully saturated rings. The quantitative estimate of drug-likeness (QED) is 0.218. The van der Waals surface area contributed by atoms with Crippen LogP contribution in [0.4, 0.5) is 0 Å². The van der Waals surface area contributed by atoms with Crippen molar-refractivity contribution in [1.82, 2.24) is 0 Å². The Kier molecular flexibility index (Phi) is 3.69. The van der Waals surface area contributed by atoms with Gasteiger partial charge in [-0.15, -0.1) is 0 Å². The van der Waals surface area contributed by atoms with Crippen molar-refractivity contribution >= 4 is 39.7 Å². The molecule has 0 saturated heterocycles. The Hall–Kier alpha value is -2.61. The Morgan fingerprint density at radius 1 is 0.586 bits per heavy atom. The van der Waals surface area contributed by atoms with E-state index >= 15 is 0 Å². The number of fused-ring (bicyclic) bond motifs is 9. The maximum absolute atomic E-state index is 6.46. The Morgan fingerprint density at radius 3 is 2.14 bits per heavy atom. The van der Waals surface area contributed by atoms with E-state index in [1.165, 1.54) is 44.5 Å². The molecule has 6 rings (SSSR count). The number of halogens is 2. The summed E-state index contributed by atoms with van der Waals surface area (Å²) in [5, 5.41) is 0.769. The number of rotatable bonds is 0. The first kappa shape index (κ1) is 17.3. The summed E-state index contributed by atoms with van der Waals surface area (Å²) in [5.41, 5.74) is 9.78. The van der Waals surface area contributed by atoms with Crippen LogP contribution in [-0.4, -0.2) is 0 Å². The molecule has 0 amide bonds. The van der Waals surface area contributed by atoms with Gasteiger partial charge in [0.25, 0.3) is 0 Å². The summed E-state index contributed by atoms with van der Waals surface area (Å²) in [6, 6.07) is 30.5. The second-order valence-electron chi connectivity index (χ2n) is 7.64. The third-order valence-corrected chi connectivity index (χ3v) is 6.96. The maximum Gasteiger partial charge on any atom is 0.0725 e. The number of hydrogen-bond donors (Lipinski definition) is 0. The van der Waals surface area contributed by atoms with E-state index in [0.717, 1.165) is 9.50 Å². The largest absolute Gasteiger partial charge is 0.0843 e. The molecule has 1 unspecified atom stereocenters. The van der Waals surface area contributed by atoms with Crippen molar-refractivity contribution in [3.8, 4) is 11.1 Å². The predicted octanol–water partition coefficient (Wildman–Crippen LogP) is 7.95. The molecule has 1 atom stereocenters. The molecule has 0 aliphatic heterocycles. The van der Waals surface area contributed by atoms with E-state index in [9.17, 15) is 0 Å². The van der Waals surface area contributed by atoms with Gasteiger partial charge in [0.05, 0.1) is 5.41 Å². The fourth-order valence-corrected chi connectivity index (χ4v) is 5.68. The van der Waals surface area contributed by atoms with Crippen LogP contribution in [0.5, 0.6) is 0 Å². The first-order valence-corrected chi connectivity index (χ1v) is 10.8. The molecule has 2 aliphatic rings. The average molecular weight is 456 g/mol. The van der Waals surface area contributed by atoms with Crippen molar-refractivity contribution in [3.05, 3.63) is 128 Å². The van der Waals surface area contributed by atoms with E-state index in [-0.39, 0.29) is 5.41 Å². The average Bonchev–Trinajstić information content (AvgIpc) is 2.94. The Balaban J connectivity index is 1.88. The first-order chi connectivity index (χ1) is 14.2. The van der Waals surface area contributed by atoms with E-state index in [1.807, 2.05) is 6.07 Å². The molecule has 2 heteroatoms. The van der Waals surface area contributed by atoms with Gasteiger partial charge in [0.1, 0.15) is 0 Å². The van der Waals surface area contributed by atoms with Gasteiger partial charge in [-0.2, -0.15) is 0 Å². The Morgan fingerprint density at radius 2 is 1.28 bits per heavy atom. The molecule has 0 N–H and O–H groups in total. The summed E-state index contributed by atoms with van der Waals surface area (Å²) in [6.45, 7) is 0. The van der Waals surface area contributed by atoms with Crippen molar-refractivity contribution in [2.75, 3.05) is 0 Å². The molecule has 1 spiro atoms. The van der Waals surface area contributed by atoms with E-state index in [0.29, 0.717) is 0 Å².